The number of ketones is 1. The maximum atomic E-state index is 14.3. The normalized spacial score (nSPS) is 47.5. The van der Waals surface area contributed by atoms with E-state index >= 15 is 0 Å². The quantitative estimate of drug-likeness (QED) is 0.309. The van der Waals surface area contributed by atoms with Crippen molar-refractivity contribution in [1.82, 2.24) is 0 Å². The minimum Gasteiger partial charge on any atom is -0.469 e. The molecule has 0 aromatic heterocycles. The third-order valence-corrected chi connectivity index (χ3v) is 11.3. The van der Waals surface area contributed by atoms with Gasteiger partial charge in [0.2, 0.25) is 0 Å². The number of aliphatic hydroxyl groups is 1. The number of hydrogen-bond donors (Lipinski definition) is 1. The highest BCUT2D eigenvalue weighted by atomic mass is 16.6. The predicted molar refractivity (Wildman–Crippen MR) is 141 cm³/mol. The summed E-state index contributed by atoms with van der Waals surface area (Å²) in [6.45, 7) is 16.2. The Hall–Kier alpha value is -2.25. The van der Waals surface area contributed by atoms with Gasteiger partial charge in [0.25, 0.3) is 0 Å². The fourth-order valence-electron chi connectivity index (χ4n) is 8.91. The van der Waals surface area contributed by atoms with E-state index in [1.54, 1.807) is 6.08 Å². The van der Waals surface area contributed by atoms with Crippen LogP contribution < -0.4 is 0 Å². The molecule has 1 N–H and O–H groups in total. The zero-order chi connectivity index (χ0) is 28.0. The lowest BCUT2D eigenvalue weighted by Crippen LogP contribution is -2.63. The molecule has 0 aromatic rings. The van der Waals surface area contributed by atoms with E-state index in [0.717, 1.165) is 23.1 Å². The molecule has 4 fully saturated rings. The summed E-state index contributed by atoms with van der Waals surface area (Å²) < 4.78 is 17.1. The zero-order valence-corrected chi connectivity index (χ0v) is 23.8. The monoisotopic (exact) mass is 526 g/mol. The lowest BCUT2D eigenvalue weighted by molar-refractivity contribution is -0.144. The average Bonchev–Trinajstić information content (AvgIpc) is 3.44. The van der Waals surface area contributed by atoms with Gasteiger partial charge in [0.05, 0.1) is 25.2 Å². The molecular formula is C31H42O7. The Balaban J connectivity index is 1.59. The molecule has 2 aliphatic heterocycles. The number of fused-ring (bicyclic) bond motifs is 1. The number of epoxide rings is 1. The molecule has 2 saturated carbocycles. The van der Waals surface area contributed by atoms with E-state index in [0.29, 0.717) is 19.3 Å². The first-order chi connectivity index (χ1) is 17.7. The standard InChI is InChI=1S/C31H42O7/c1-16(2)20-14-25-31(38-25)22(28(20,5)10-9-26(34)36-8)15-23(32)29(6)21(13-24(33)30(29,31)7)17(3)11-19-12-18(4)27(35)37-19/h11,15,18-21,24-25,33H,1,9-10,12-14H2,2-8H3/t18-,19-,20-,21+,24-,25+,28-,29-,30+,31-/m0/s1. The molecule has 0 radical (unpaired) electrons. The molecule has 5 rings (SSSR count). The van der Waals surface area contributed by atoms with Gasteiger partial charge >= 0.3 is 11.9 Å². The van der Waals surface area contributed by atoms with Crippen LogP contribution in [0, 0.1) is 34.0 Å². The number of ether oxygens (including phenoxy) is 3. The summed E-state index contributed by atoms with van der Waals surface area (Å²) in [5.74, 6) is -0.839. The first kappa shape index (κ1) is 27.3. The lowest BCUT2D eigenvalue weighted by atomic mass is 9.43. The fraction of sp³-hybridized carbons (Fsp3) is 0.710. The van der Waals surface area contributed by atoms with Gasteiger partial charge in [0.1, 0.15) is 11.7 Å². The van der Waals surface area contributed by atoms with Gasteiger partial charge in [-0.1, -0.05) is 45.4 Å². The molecule has 0 amide bonds. The molecule has 0 bridgehead atoms. The van der Waals surface area contributed by atoms with Crippen LogP contribution in [-0.2, 0) is 28.6 Å². The van der Waals surface area contributed by atoms with Crippen LogP contribution in [0.1, 0.15) is 73.6 Å². The topological polar surface area (TPSA) is 102 Å². The van der Waals surface area contributed by atoms with Crippen molar-refractivity contribution in [3.05, 3.63) is 35.5 Å². The summed E-state index contributed by atoms with van der Waals surface area (Å²) in [6, 6.07) is 0. The number of carbonyl (C=O) groups excluding carboxylic acids is 3. The van der Waals surface area contributed by atoms with Crippen LogP contribution in [0.2, 0.25) is 0 Å². The number of aliphatic hydroxyl groups excluding tert-OH is 1. The van der Waals surface area contributed by atoms with E-state index in [1.807, 2.05) is 40.7 Å². The molecule has 10 atom stereocenters. The van der Waals surface area contributed by atoms with Gasteiger partial charge in [0, 0.05) is 23.7 Å². The number of hydrogen-bond acceptors (Lipinski definition) is 7. The lowest BCUT2D eigenvalue weighted by Gasteiger charge is -2.57. The van der Waals surface area contributed by atoms with Crippen LogP contribution in [0.4, 0.5) is 0 Å². The Morgan fingerprint density at radius 2 is 1.87 bits per heavy atom. The fourth-order valence-corrected chi connectivity index (χ4v) is 8.91. The number of carbonyl (C=O) groups is 3. The average molecular weight is 527 g/mol. The predicted octanol–water partition coefficient (Wildman–Crippen LogP) is 4.48. The third kappa shape index (κ3) is 3.30. The van der Waals surface area contributed by atoms with Crippen LogP contribution in [-0.4, -0.2) is 53.9 Å². The Kier molecular flexibility index (Phi) is 6.20. The van der Waals surface area contributed by atoms with Gasteiger partial charge in [-0.25, -0.2) is 0 Å². The summed E-state index contributed by atoms with van der Waals surface area (Å²) in [5, 5.41) is 11.8. The van der Waals surface area contributed by atoms with Gasteiger partial charge in [-0.15, -0.1) is 0 Å². The molecule has 7 heteroatoms. The number of rotatable bonds is 6. The summed E-state index contributed by atoms with van der Waals surface area (Å²) >= 11 is 0. The summed E-state index contributed by atoms with van der Waals surface area (Å²) in [7, 11) is 1.39. The smallest absolute Gasteiger partial charge is 0.309 e. The van der Waals surface area contributed by atoms with Crippen molar-refractivity contribution in [3.8, 4) is 0 Å². The van der Waals surface area contributed by atoms with E-state index in [9.17, 15) is 19.5 Å². The van der Waals surface area contributed by atoms with E-state index in [2.05, 4.69) is 13.5 Å². The van der Waals surface area contributed by atoms with Gasteiger partial charge in [-0.05, 0) is 68.1 Å². The van der Waals surface area contributed by atoms with Crippen molar-refractivity contribution >= 4 is 17.7 Å². The number of allylic oxidation sites excluding steroid dienone is 3. The van der Waals surface area contributed by atoms with E-state index < -0.39 is 27.9 Å². The highest BCUT2D eigenvalue weighted by molar-refractivity contribution is 5.99. The molecule has 2 saturated heterocycles. The Morgan fingerprint density at radius 1 is 1.18 bits per heavy atom. The maximum Gasteiger partial charge on any atom is 0.309 e. The molecule has 1 spiro atoms. The van der Waals surface area contributed by atoms with E-state index in [-0.39, 0.29) is 54.1 Å². The molecule has 38 heavy (non-hydrogen) atoms. The minimum atomic E-state index is -0.904. The van der Waals surface area contributed by atoms with Crippen molar-refractivity contribution in [3.63, 3.8) is 0 Å². The van der Waals surface area contributed by atoms with Crippen molar-refractivity contribution in [2.24, 2.45) is 34.0 Å². The van der Waals surface area contributed by atoms with Crippen LogP contribution in [0.15, 0.2) is 35.5 Å². The Labute approximate surface area is 225 Å². The molecule has 0 aromatic carbocycles. The molecule has 0 unspecified atom stereocenters. The maximum absolute atomic E-state index is 14.3. The number of cyclic esters (lactones) is 1. The van der Waals surface area contributed by atoms with Gasteiger partial charge in [-0.3, -0.25) is 14.4 Å². The van der Waals surface area contributed by atoms with E-state index in [4.69, 9.17) is 14.2 Å². The van der Waals surface area contributed by atoms with E-state index in [1.165, 1.54) is 7.11 Å². The molecule has 3 aliphatic carbocycles. The van der Waals surface area contributed by atoms with Crippen LogP contribution in [0.5, 0.6) is 0 Å². The molecule has 5 aliphatic rings. The van der Waals surface area contributed by atoms with Crippen molar-refractivity contribution in [2.75, 3.05) is 7.11 Å². The van der Waals surface area contributed by atoms with Gasteiger partial charge in [-0.2, -0.15) is 0 Å². The zero-order valence-electron chi connectivity index (χ0n) is 23.8. The SMILES string of the molecule is C=C(C)[C@@H]1C[C@H]2O[C@@]23C(=CC(=O)[C@]2(C)[C@@H](C(C)=C[C@H]4C[C@H](C)C(=O)O4)C[C@H](O)[C@]23C)[C@@]1(C)CCC(=O)OC. The molecule has 2 heterocycles. The second-order valence-electron chi connectivity index (χ2n) is 13.1. The second kappa shape index (κ2) is 8.62. The van der Waals surface area contributed by atoms with Gasteiger partial charge < -0.3 is 19.3 Å². The third-order valence-electron chi connectivity index (χ3n) is 11.3. The number of esters is 2. The minimum absolute atomic E-state index is 0.0207. The van der Waals surface area contributed by atoms with Gasteiger partial charge in [0.15, 0.2) is 5.78 Å². The van der Waals surface area contributed by atoms with Crippen LogP contribution in [0.25, 0.3) is 0 Å². The molecular weight excluding hydrogens is 484 g/mol. The van der Waals surface area contributed by atoms with Crippen molar-refractivity contribution < 1.29 is 33.7 Å². The molecule has 208 valence electrons. The summed E-state index contributed by atoms with van der Waals surface area (Å²) in [4.78, 5) is 38.5. The van der Waals surface area contributed by atoms with Crippen LogP contribution >= 0.6 is 0 Å². The molecule has 7 nitrogen and oxygen atoms in total. The first-order valence-electron chi connectivity index (χ1n) is 13.9. The number of methoxy groups -OCH3 is 1. The van der Waals surface area contributed by atoms with Crippen LogP contribution in [0.3, 0.4) is 0 Å². The second-order valence-corrected chi connectivity index (χ2v) is 13.1. The summed E-state index contributed by atoms with van der Waals surface area (Å²) in [5.41, 5.74) is -0.235. The summed E-state index contributed by atoms with van der Waals surface area (Å²) in [6.07, 6.45) is 5.05. The van der Waals surface area contributed by atoms with Crippen molar-refractivity contribution in [1.29, 1.82) is 0 Å². The first-order valence-corrected chi connectivity index (χ1v) is 13.9. The van der Waals surface area contributed by atoms with Crippen molar-refractivity contribution in [2.45, 2.75) is 97.6 Å². The highest BCUT2D eigenvalue weighted by Gasteiger charge is 2.84. The largest absolute Gasteiger partial charge is 0.469 e. The Morgan fingerprint density at radius 3 is 2.45 bits per heavy atom. The Bertz CT molecular complexity index is 1170. The highest BCUT2D eigenvalue weighted by Crippen LogP contribution is 2.78.